The van der Waals surface area contributed by atoms with Crippen LogP contribution in [0.25, 0.3) is 5.69 Å². The molecule has 3 rings (SSSR count). The summed E-state index contributed by atoms with van der Waals surface area (Å²) in [4.78, 5) is 23.9. The number of halogens is 2. The van der Waals surface area contributed by atoms with Gasteiger partial charge in [-0.1, -0.05) is 29.8 Å². The molecule has 0 unspecified atom stereocenters. The van der Waals surface area contributed by atoms with E-state index in [2.05, 4.69) is 10.6 Å². The lowest BCUT2D eigenvalue weighted by molar-refractivity contribution is -0.704. The molecule has 128 valence electrons. The zero-order chi connectivity index (χ0) is 17.8. The fourth-order valence-electron chi connectivity index (χ4n) is 2.04. The van der Waals surface area contributed by atoms with Gasteiger partial charge in [0.2, 0.25) is 11.6 Å². The Balaban J connectivity index is 1.69. The Morgan fingerprint density at radius 2 is 2.04 bits per heavy atom. The smallest absolute Gasteiger partial charge is 0.325 e. The molecule has 1 amide bonds. The van der Waals surface area contributed by atoms with Crippen molar-refractivity contribution in [3.05, 3.63) is 69.8 Å². The third kappa shape index (κ3) is 4.09. The van der Waals surface area contributed by atoms with E-state index in [0.717, 1.165) is 17.8 Å². The van der Waals surface area contributed by atoms with Crippen LogP contribution in [0.3, 0.4) is 0 Å². The lowest BCUT2D eigenvalue weighted by atomic mass is 10.3. The van der Waals surface area contributed by atoms with Crippen LogP contribution in [-0.4, -0.2) is 16.9 Å². The van der Waals surface area contributed by atoms with Gasteiger partial charge in [-0.25, -0.2) is 9.18 Å². The van der Waals surface area contributed by atoms with Crippen LogP contribution >= 0.6 is 23.4 Å². The molecule has 6 nitrogen and oxygen atoms in total. The fourth-order valence-corrected chi connectivity index (χ4v) is 2.99. The maximum absolute atomic E-state index is 13.1. The average molecular weight is 381 g/mol. The molecule has 2 N–H and O–H groups in total. The van der Waals surface area contributed by atoms with E-state index in [4.69, 9.17) is 16.1 Å². The topological polar surface area (TPSA) is 79.0 Å². The Hall–Kier alpha value is -2.58. The first-order valence-corrected chi connectivity index (χ1v) is 8.47. The molecule has 0 saturated carbocycles. The van der Waals surface area contributed by atoms with Crippen molar-refractivity contribution >= 4 is 35.0 Å². The number of thioether (sulfide) groups is 1. The summed E-state index contributed by atoms with van der Waals surface area (Å²) in [5.74, 6) is -0.972. The number of anilines is 1. The van der Waals surface area contributed by atoms with Crippen molar-refractivity contribution in [1.82, 2.24) is 5.27 Å². The number of benzene rings is 2. The van der Waals surface area contributed by atoms with Crippen molar-refractivity contribution in [2.75, 3.05) is 11.1 Å². The fraction of sp³-hybridized carbons (Fsp3) is 0.0625. The first kappa shape index (κ1) is 17.2. The Kier molecular flexibility index (Phi) is 5.20. The highest BCUT2D eigenvalue weighted by Crippen LogP contribution is 2.20. The van der Waals surface area contributed by atoms with E-state index >= 15 is 0 Å². The van der Waals surface area contributed by atoms with Crippen LogP contribution in [0.4, 0.5) is 10.1 Å². The normalized spacial score (nSPS) is 10.6. The van der Waals surface area contributed by atoms with Gasteiger partial charge in [-0.3, -0.25) is 9.32 Å². The van der Waals surface area contributed by atoms with Crippen molar-refractivity contribution in [3.63, 3.8) is 0 Å². The maximum Gasteiger partial charge on any atom is 0.442 e. The number of rotatable bonds is 5. The van der Waals surface area contributed by atoms with Crippen LogP contribution in [0.5, 0.6) is 0 Å². The quantitative estimate of drug-likeness (QED) is 0.527. The van der Waals surface area contributed by atoms with E-state index in [1.54, 1.807) is 12.1 Å². The van der Waals surface area contributed by atoms with Gasteiger partial charge >= 0.3 is 10.7 Å². The standard InChI is InChI=1S/C16H11ClFN3O3S/c17-12-8-10(6-7-13(12)18)19-14(22)9-25-15-16(23)24-20-21(15)11-4-2-1-3-5-11/h1-8H,9H2,(H-,19,20,22,23)/p+1. The lowest BCUT2D eigenvalue weighted by Crippen LogP contribution is -2.36. The Morgan fingerprint density at radius 3 is 2.76 bits per heavy atom. The van der Waals surface area contributed by atoms with Crippen LogP contribution in [0.1, 0.15) is 0 Å². The molecule has 0 saturated heterocycles. The number of nitrogens with zero attached hydrogens (tertiary/aromatic N) is 1. The Morgan fingerprint density at radius 1 is 1.28 bits per heavy atom. The molecule has 0 bridgehead atoms. The molecule has 1 heterocycles. The van der Waals surface area contributed by atoms with E-state index in [-0.39, 0.29) is 21.7 Å². The van der Waals surface area contributed by atoms with E-state index in [0.29, 0.717) is 11.4 Å². The molecule has 0 aliphatic carbocycles. The second-order valence-electron chi connectivity index (χ2n) is 4.92. The molecule has 0 spiro atoms. The lowest BCUT2D eigenvalue weighted by Gasteiger charge is -2.04. The molecule has 2 aromatic carbocycles. The van der Waals surface area contributed by atoms with Crippen molar-refractivity contribution in [1.29, 1.82) is 0 Å². The van der Waals surface area contributed by atoms with E-state index in [1.807, 2.05) is 18.2 Å². The van der Waals surface area contributed by atoms with Crippen molar-refractivity contribution in [2.45, 2.75) is 5.03 Å². The Labute approximate surface area is 150 Å². The molecule has 0 aliphatic heterocycles. The second-order valence-corrected chi connectivity index (χ2v) is 6.29. The molecule has 0 aliphatic rings. The number of hydrogen-bond donors (Lipinski definition) is 2. The van der Waals surface area contributed by atoms with E-state index in [1.165, 1.54) is 16.8 Å². The van der Waals surface area contributed by atoms with Crippen LogP contribution in [-0.2, 0) is 4.79 Å². The van der Waals surface area contributed by atoms with Gasteiger partial charge in [0.25, 0.3) is 0 Å². The summed E-state index contributed by atoms with van der Waals surface area (Å²) in [7, 11) is 0. The van der Waals surface area contributed by atoms with Gasteiger partial charge in [0.1, 0.15) is 5.82 Å². The van der Waals surface area contributed by atoms with Crippen molar-refractivity contribution in [2.24, 2.45) is 0 Å². The van der Waals surface area contributed by atoms with Crippen LogP contribution in [0.15, 0.2) is 62.9 Å². The number of amides is 1. The molecule has 3 aromatic rings. The SMILES string of the molecule is O=C(CSc1c(=O)o[nH][n+]1-c1ccccc1)Nc1ccc(F)c(Cl)c1. The van der Waals surface area contributed by atoms with Crippen LogP contribution < -0.4 is 15.6 Å². The average Bonchev–Trinajstić information content (AvgIpc) is 2.98. The molecule has 9 heteroatoms. The number of carbonyl (C=O) groups is 1. The first-order valence-electron chi connectivity index (χ1n) is 7.11. The van der Waals surface area contributed by atoms with Crippen molar-refractivity contribution < 1.29 is 18.4 Å². The zero-order valence-electron chi connectivity index (χ0n) is 12.7. The molecule has 25 heavy (non-hydrogen) atoms. The number of hydrogen-bond acceptors (Lipinski definition) is 4. The monoisotopic (exact) mass is 380 g/mol. The third-order valence-electron chi connectivity index (χ3n) is 3.17. The molecule has 1 aromatic heterocycles. The number of aromatic amines is 1. The van der Waals surface area contributed by atoms with Gasteiger partial charge in [-0.2, -0.15) is 0 Å². The predicted octanol–water partition coefficient (Wildman–Crippen LogP) is 2.77. The zero-order valence-corrected chi connectivity index (χ0v) is 14.2. The van der Waals surface area contributed by atoms with Gasteiger partial charge in [-0.15, -0.1) is 0 Å². The molecule has 0 atom stereocenters. The third-order valence-corrected chi connectivity index (χ3v) is 4.48. The number of para-hydroxylation sites is 1. The van der Waals surface area contributed by atoms with Crippen LogP contribution in [0, 0.1) is 5.82 Å². The number of H-pyrrole nitrogens is 1. The highest BCUT2D eigenvalue weighted by Gasteiger charge is 2.24. The summed E-state index contributed by atoms with van der Waals surface area (Å²) >= 11 is 6.69. The Bertz CT molecular complexity index is 959. The van der Waals surface area contributed by atoms with Gasteiger partial charge in [0.15, 0.2) is 0 Å². The molecular weight excluding hydrogens is 369 g/mol. The highest BCUT2D eigenvalue weighted by molar-refractivity contribution is 7.99. The van der Waals surface area contributed by atoms with E-state index in [9.17, 15) is 14.0 Å². The van der Waals surface area contributed by atoms with Crippen LogP contribution in [0.2, 0.25) is 5.02 Å². The molecule has 0 radical (unpaired) electrons. The van der Waals surface area contributed by atoms with Gasteiger partial charge in [0, 0.05) is 17.8 Å². The number of nitrogens with one attached hydrogen (secondary N) is 2. The first-order chi connectivity index (χ1) is 12.0. The summed E-state index contributed by atoms with van der Waals surface area (Å²) in [6, 6.07) is 12.9. The highest BCUT2D eigenvalue weighted by atomic mass is 35.5. The van der Waals surface area contributed by atoms with Gasteiger partial charge < -0.3 is 5.32 Å². The molecule has 0 fully saturated rings. The maximum atomic E-state index is 13.1. The minimum Gasteiger partial charge on any atom is -0.325 e. The minimum absolute atomic E-state index is 0.0373. The number of carbonyl (C=O) groups excluding carboxylic acids is 1. The molecular formula is C16H12ClFN3O3S+. The van der Waals surface area contributed by atoms with E-state index < -0.39 is 11.4 Å². The summed E-state index contributed by atoms with van der Waals surface area (Å²) < 4.78 is 19.4. The van der Waals surface area contributed by atoms with Gasteiger partial charge in [0.05, 0.1) is 10.8 Å². The summed E-state index contributed by atoms with van der Waals surface area (Å²) in [5.41, 5.74) is 0.488. The summed E-state index contributed by atoms with van der Waals surface area (Å²) in [5, 5.41) is 5.23. The summed E-state index contributed by atoms with van der Waals surface area (Å²) in [6.07, 6.45) is 0. The second kappa shape index (κ2) is 7.54. The number of aromatic nitrogens is 2. The van der Waals surface area contributed by atoms with Gasteiger partial charge in [-0.05, 0) is 39.9 Å². The minimum atomic E-state index is -0.577. The summed E-state index contributed by atoms with van der Waals surface area (Å²) in [6.45, 7) is 0. The predicted molar refractivity (Wildman–Crippen MR) is 91.6 cm³/mol. The van der Waals surface area contributed by atoms with Crippen molar-refractivity contribution in [3.8, 4) is 5.69 Å². The largest absolute Gasteiger partial charge is 0.442 e.